The number of fused-ring (bicyclic) bond motifs is 1. The summed E-state index contributed by atoms with van der Waals surface area (Å²) >= 11 is 0. The van der Waals surface area contributed by atoms with Gasteiger partial charge in [0.05, 0.1) is 6.10 Å². The molecule has 0 saturated heterocycles. The van der Waals surface area contributed by atoms with Crippen LogP contribution in [0.2, 0.25) is 0 Å². The van der Waals surface area contributed by atoms with Gasteiger partial charge in [0.25, 0.3) is 0 Å². The summed E-state index contributed by atoms with van der Waals surface area (Å²) in [7, 11) is -1.73. The zero-order valence-corrected chi connectivity index (χ0v) is 13.4. The minimum atomic E-state index is -3.68. The molecule has 0 aliphatic carbocycles. The molecule has 3 aromatic rings. The molecule has 2 heterocycles. The summed E-state index contributed by atoms with van der Waals surface area (Å²) in [5.74, 6) is 0. The lowest BCUT2D eigenvalue weighted by molar-refractivity contribution is 0.182. The molecule has 0 spiro atoms. The second kappa shape index (κ2) is 6.11. The van der Waals surface area contributed by atoms with Crippen LogP contribution >= 0.6 is 0 Å². The van der Waals surface area contributed by atoms with Crippen molar-refractivity contribution in [2.24, 2.45) is 7.05 Å². The second-order valence-corrected chi connectivity index (χ2v) is 7.07. The van der Waals surface area contributed by atoms with Crippen molar-refractivity contribution in [1.29, 1.82) is 0 Å². The lowest BCUT2D eigenvalue weighted by Gasteiger charge is -2.13. The second-order valence-electron chi connectivity index (χ2n) is 5.30. The highest BCUT2D eigenvalue weighted by Crippen LogP contribution is 2.21. The SMILES string of the molecule is Cn1ccc2cc(C(O)CNS(=O)(=O)c3cccnc3)ccc21. The minimum Gasteiger partial charge on any atom is -0.387 e. The molecule has 1 aromatic carbocycles. The number of rotatable bonds is 5. The lowest BCUT2D eigenvalue weighted by atomic mass is 10.1. The first-order valence-corrected chi connectivity index (χ1v) is 8.58. The molecule has 6 nitrogen and oxygen atoms in total. The molecule has 2 aromatic heterocycles. The van der Waals surface area contributed by atoms with E-state index in [1.54, 1.807) is 12.1 Å². The van der Waals surface area contributed by atoms with Crippen molar-refractivity contribution in [3.05, 3.63) is 60.6 Å². The third kappa shape index (κ3) is 3.26. The normalized spacial score (nSPS) is 13.3. The van der Waals surface area contributed by atoms with Gasteiger partial charge >= 0.3 is 0 Å². The van der Waals surface area contributed by atoms with Gasteiger partial charge in [-0.05, 0) is 41.3 Å². The summed E-state index contributed by atoms with van der Waals surface area (Å²) in [4.78, 5) is 3.86. The first-order chi connectivity index (χ1) is 11.0. The Labute approximate surface area is 134 Å². The Bertz CT molecular complexity index is 920. The van der Waals surface area contributed by atoms with Gasteiger partial charge in [0.2, 0.25) is 10.0 Å². The summed E-state index contributed by atoms with van der Waals surface area (Å²) in [6.45, 7) is -0.102. The average Bonchev–Trinajstić information content (AvgIpc) is 2.94. The molecular weight excluding hydrogens is 314 g/mol. The van der Waals surface area contributed by atoms with E-state index in [0.717, 1.165) is 10.9 Å². The Morgan fingerprint density at radius 2 is 2.13 bits per heavy atom. The van der Waals surface area contributed by atoms with E-state index in [1.807, 2.05) is 36.0 Å². The monoisotopic (exact) mass is 331 g/mol. The highest BCUT2D eigenvalue weighted by molar-refractivity contribution is 7.89. The highest BCUT2D eigenvalue weighted by atomic mass is 32.2. The van der Waals surface area contributed by atoms with Crippen molar-refractivity contribution >= 4 is 20.9 Å². The van der Waals surface area contributed by atoms with Crippen LogP contribution in [0.4, 0.5) is 0 Å². The maximum atomic E-state index is 12.1. The predicted octanol–water partition coefficient (Wildman–Crippen LogP) is 1.59. The van der Waals surface area contributed by atoms with E-state index in [1.165, 1.54) is 18.5 Å². The van der Waals surface area contributed by atoms with Crippen LogP contribution in [0.5, 0.6) is 0 Å². The van der Waals surface area contributed by atoms with E-state index < -0.39 is 16.1 Å². The summed E-state index contributed by atoms with van der Waals surface area (Å²) < 4.78 is 28.6. The summed E-state index contributed by atoms with van der Waals surface area (Å²) in [5.41, 5.74) is 1.72. The van der Waals surface area contributed by atoms with Crippen LogP contribution in [0.3, 0.4) is 0 Å². The maximum absolute atomic E-state index is 12.1. The third-order valence-electron chi connectivity index (χ3n) is 3.71. The smallest absolute Gasteiger partial charge is 0.242 e. The number of sulfonamides is 1. The molecule has 120 valence electrons. The standard InChI is InChI=1S/C16H17N3O3S/c1-19-8-6-12-9-13(4-5-15(12)19)16(20)11-18-23(21,22)14-3-2-7-17-10-14/h2-10,16,18,20H,11H2,1H3. The highest BCUT2D eigenvalue weighted by Gasteiger charge is 2.17. The van der Waals surface area contributed by atoms with Crippen molar-refractivity contribution in [3.8, 4) is 0 Å². The van der Waals surface area contributed by atoms with Crippen molar-refractivity contribution in [3.63, 3.8) is 0 Å². The molecule has 3 rings (SSSR count). The van der Waals surface area contributed by atoms with Crippen molar-refractivity contribution in [2.75, 3.05) is 6.54 Å². The Kier molecular flexibility index (Phi) is 4.16. The molecule has 0 aliphatic rings. The molecule has 23 heavy (non-hydrogen) atoms. The first kappa shape index (κ1) is 15.7. The molecule has 0 aliphatic heterocycles. The van der Waals surface area contributed by atoms with Crippen LogP contribution in [-0.4, -0.2) is 29.6 Å². The van der Waals surface area contributed by atoms with Gasteiger partial charge in [-0.3, -0.25) is 4.98 Å². The molecule has 0 fully saturated rings. The van der Waals surface area contributed by atoms with Crippen LogP contribution in [0.25, 0.3) is 10.9 Å². The number of pyridine rings is 1. The number of aryl methyl sites for hydroxylation is 1. The minimum absolute atomic E-state index is 0.0747. The summed E-state index contributed by atoms with van der Waals surface area (Å²) in [6, 6.07) is 10.5. The Morgan fingerprint density at radius 3 is 2.87 bits per heavy atom. The molecule has 2 N–H and O–H groups in total. The number of benzene rings is 1. The maximum Gasteiger partial charge on any atom is 0.242 e. The number of nitrogens with zero attached hydrogens (tertiary/aromatic N) is 2. The van der Waals surface area contributed by atoms with Gasteiger partial charge in [0, 0.05) is 37.7 Å². The van der Waals surface area contributed by atoms with Crippen molar-refractivity contribution in [2.45, 2.75) is 11.0 Å². The van der Waals surface area contributed by atoms with E-state index in [-0.39, 0.29) is 11.4 Å². The van der Waals surface area contributed by atoms with Crippen LogP contribution < -0.4 is 4.72 Å². The zero-order chi connectivity index (χ0) is 16.4. The fraction of sp³-hybridized carbons (Fsp3) is 0.188. The van der Waals surface area contributed by atoms with Gasteiger partial charge in [-0.25, -0.2) is 13.1 Å². The fourth-order valence-electron chi connectivity index (χ4n) is 2.40. The van der Waals surface area contributed by atoms with E-state index in [2.05, 4.69) is 9.71 Å². The number of nitrogens with one attached hydrogen (secondary N) is 1. The van der Waals surface area contributed by atoms with Gasteiger partial charge in [0.15, 0.2) is 0 Å². The number of hydrogen-bond acceptors (Lipinski definition) is 4. The largest absolute Gasteiger partial charge is 0.387 e. The third-order valence-corrected chi connectivity index (χ3v) is 5.11. The molecule has 0 saturated carbocycles. The Hall–Kier alpha value is -2.22. The topological polar surface area (TPSA) is 84.2 Å². The van der Waals surface area contributed by atoms with Gasteiger partial charge in [-0.1, -0.05) is 6.07 Å². The average molecular weight is 331 g/mol. The molecule has 1 atom stereocenters. The lowest BCUT2D eigenvalue weighted by Crippen LogP contribution is -2.28. The molecule has 0 radical (unpaired) electrons. The fourth-order valence-corrected chi connectivity index (χ4v) is 3.40. The van der Waals surface area contributed by atoms with Gasteiger partial charge < -0.3 is 9.67 Å². The number of hydrogen-bond donors (Lipinski definition) is 2. The van der Waals surface area contributed by atoms with Crippen LogP contribution in [0.15, 0.2) is 59.9 Å². The number of aliphatic hydroxyl groups excluding tert-OH is 1. The molecule has 0 bridgehead atoms. The zero-order valence-electron chi connectivity index (χ0n) is 12.5. The summed E-state index contributed by atoms with van der Waals surface area (Å²) in [6.07, 6.45) is 3.78. The molecule has 1 unspecified atom stereocenters. The molecule has 7 heteroatoms. The van der Waals surface area contributed by atoms with Crippen LogP contribution in [0.1, 0.15) is 11.7 Å². The van der Waals surface area contributed by atoms with Crippen LogP contribution in [0, 0.1) is 0 Å². The van der Waals surface area contributed by atoms with E-state index in [9.17, 15) is 13.5 Å². The number of aromatic nitrogens is 2. The van der Waals surface area contributed by atoms with Gasteiger partial charge in [-0.15, -0.1) is 0 Å². The Balaban J connectivity index is 1.74. The Morgan fingerprint density at radius 1 is 1.30 bits per heavy atom. The predicted molar refractivity (Wildman–Crippen MR) is 87.3 cm³/mol. The van der Waals surface area contributed by atoms with Crippen molar-refractivity contribution in [1.82, 2.24) is 14.3 Å². The van der Waals surface area contributed by atoms with E-state index in [4.69, 9.17) is 0 Å². The van der Waals surface area contributed by atoms with Crippen LogP contribution in [-0.2, 0) is 17.1 Å². The summed E-state index contributed by atoms with van der Waals surface area (Å²) in [5, 5.41) is 11.2. The van der Waals surface area contributed by atoms with Gasteiger partial charge in [-0.2, -0.15) is 0 Å². The molecule has 0 amide bonds. The van der Waals surface area contributed by atoms with Gasteiger partial charge in [0.1, 0.15) is 4.90 Å². The molecular formula is C16H17N3O3S. The first-order valence-electron chi connectivity index (χ1n) is 7.10. The van der Waals surface area contributed by atoms with E-state index in [0.29, 0.717) is 5.56 Å². The quantitative estimate of drug-likeness (QED) is 0.743. The van der Waals surface area contributed by atoms with E-state index >= 15 is 0 Å². The number of aliphatic hydroxyl groups is 1. The van der Waals surface area contributed by atoms with Crippen molar-refractivity contribution < 1.29 is 13.5 Å².